The number of pyridine rings is 3. The molecule has 5 N–H and O–H groups in total. The summed E-state index contributed by atoms with van der Waals surface area (Å²) < 4.78 is 5.42. The molecule has 3 aromatic heterocycles. The lowest BCUT2D eigenvalue weighted by Crippen LogP contribution is -2.43. The number of nitrogens with two attached hydrogens (primary N) is 2. The molecule has 3 aromatic rings. The summed E-state index contributed by atoms with van der Waals surface area (Å²) in [6.07, 6.45) is 5.32. The number of fused-ring (bicyclic) bond motifs is 1. The third-order valence-corrected chi connectivity index (χ3v) is 5.03. The zero-order valence-electron chi connectivity index (χ0n) is 16.8. The maximum atomic E-state index is 13.0. The summed E-state index contributed by atoms with van der Waals surface area (Å²) in [7, 11) is 0. The van der Waals surface area contributed by atoms with Gasteiger partial charge in [-0.15, -0.1) is 0 Å². The van der Waals surface area contributed by atoms with Gasteiger partial charge in [0.15, 0.2) is 11.3 Å². The predicted octanol–water partition coefficient (Wildman–Crippen LogP) is 2.19. The number of ether oxygens (including phenoxy) is 1. The lowest BCUT2D eigenvalue weighted by molar-refractivity contribution is 0.102. The fourth-order valence-corrected chi connectivity index (χ4v) is 3.63. The molecule has 1 unspecified atom stereocenters. The molecular formula is C21H25N7O2. The van der Waals surface area contributed by atoms with E-state index in [4.69, 9.17) is 16.2 Å². The van der Waals surface area contributed by atoms with Gasteiger partial charge >= 0.3 is 0 Å². The van der Waals surface area contributed by atoms with Crippen molar-refractivity contribution in [3.63, 3.8) is 0 Å². The first-order valence-electron chi connectivity index (χ1n) is 10.0. The molecule has 4 rings (SSSR count). The van der Waals surface area contributed by atoms with Crippen LogP contribution in [0.15, 0.2) is 36.7 Å². The third kappa shape index (κ3) is 4.11. The first-order valence-corrected chi connectivity index (χ1v) is 10.0. The summed E-state index contributed by atoms with van der Waals surface area (Å²) in [5.41, 5.74) is 14.5. The number of hydrogen-bond acceptors (Lipinski definition) is 8. The molecule has 4 heterocycles. The van der Waals surface area contributed by atoms with E-state index in [1.165, 1.54) is 0 Å². The Kier molecular flexibility index (Phi) is 5.62. The molecule has 1 saturated heterocycles. The molecule has 1 aliphatic heterocycles. The van der Waals surface area contributed by atoms with E-state index in [1.54, 1.807) is 24.5 Å². The van der Waals surface area contributed by atoms with Crippen molar-refractivity contribution in [2.75, 3.05) is 35.6 Å². The van der Waals surface area contributed by atoms with Crippen LogP contribution >= 0.6 is 0 Å². The van der Waals surface area contributed by atoms with Gasteiger partial charge in [0.1, 0.15) is 0 Å². The van der Waals surface area contributed by atoms with E-state index < -0.39 is 5.91 Å². The highest BCUT2D eigenvalue weighted by atomic mass is 16.5. The zero-order valence-corrected chi connectivity index (χ0v) is 16.8. The van der Waals surface area contributed by atoms with Crippen molar-refractivity contribution >= 4 is 34.0 Å². The fraction of sp³-hybridized carbons (Fsp3) is 0.333. The van der Waals surface area contributed by atoms with Crippen LogP contribution in [0, 0.1) is 0 Å². The Hall–Kier alpha value is -3.46. The first kappa shape index (κ1) is 19.8. The van der Waals surface area contributed by atoms with Gasteiger partial charge in [-0.3, -0.25) is 9.78 Å². The van der Waals surface area contributed by atoms with Crippen LogP contribution in [0.4, 0.5) is 17.1 Å². The first-order chi connectivity index (χ1) is 14.5. The predicted molar refractivity (Wildman–Crippen MR) is 117 cm³/mol. The van der Waals surface area contributed by atoms with Gasteiger partial charge in [0.05, 0.1) is 29.9 Å². The number of nitrogens with one attached hydrogen (secondary N) is 1. The van der Waals surface area contributed by atoms with E-state index in [2.05, 4.69) is 25.2 Å². The van der Waals surface area contributed by atoms with Crippen molar-refractivity contribution in [1.29, 1.82) is 0 Å². The molecule has 9 heteroatoms. The number of piperidine rings is 1. The van der Waals surface area contributed by atoms with E-state index in [0.717, 1.165) is 37.0 Å². The number of nitrogen functional groups attached to an aromatic ring is 1. The van der Waals surface area contributed by atoms with E-state index in [9.17, 15) is 4.79 Å². The number of hydrogen-bond donors (Lipinski definition) is 3. The topological polar surface area (TPSA) is 132 Å². The lowest BCUT2D eigenvalue weighted by Gasteiger charge is -2.33. The van der Waals surface area contributed by atoms with Gasteiger partial charge in [0.2, 0.25) is 5.88 Å². The number of anilines is 3. The number of rotatable bonds is 5. The second-order valence-corrected chi connectivity index (χ2v) is 7.25. The van der Waals surface area contributed by atoms with E-state index in [0.29, 0.717) is 23.8 Å². The molecule has 30 heavy (non-hydrogen) atoms. The standard InChI is InChI=1S/C21H25N7O2/c1-2-30-18-6-5-13-10-15(23)19(27-20(13)26-18)21(29)25-16-11-24-8-7-17(16)28-9-3-4-14(22)12-28/h5-8,10-11,14H,2-4,9,12,22-23H2,1H3,(H,25,29). The molecule has 0 aromatic carbocycles. The Morgan fingerprint density at radius 3 is 3.00 bits per heavy atom. The quantitative estimate of drug-likeness (QED) is 0.586. The fourth-order valence-electron chi connectivity index (χ4n) is 3.63. The van der Waals surface area contributed by atoms with Crippen LogP contribution in [0.5, 0.6) is 5.88 Å². The van der Waals surface area contributed by atoms with Gasteiger partial charge in [0.25, 0.3) is 5.91 Å². The smallest absolute Gasteiger partial charge is 0.276 e. The second kappa shape index (κ2) is 8.50. The van der Waals surface area contributed by atoms with Crippen LogP contribution in [0.3, 0.4) is 0 Å². The summed E-state index contributed by atoms with van der Waals surface area (Å²) >= 11 is 0. The normalized spacial score (nSPS) is 16.5. The molecule has 0 radical (unpaired) electrons. The monoisotopic (exact) mass is 407 g/mol. The summed E-state index contributed by atoms with van der Waals surface area (Å²) in [4.78, 5) is 28.1. The minimum atomic E-state index is -0.423. The molecule has 9 nitrogen and oxygen atoms in total. The zero-order chi connectivity index (χ0) is 21.1. The average molecular weight is 407 g/mol. The minimum absolute atomic E-state index is 0.105. The van der Waals surface area contributed by atoms with Crippen LogP contribution in [-0.2, 0) is 0 Å². The number of carbonyl (C=O) groups is 1. The summed E-state index contributed by atoms with van der Waals surface area (Å²) in [6, 6.07) is 7.24. The molecular weight excluding hydrogens is 382 g/mol. The average Bonchev–Trinajstić information content (AvgIpc) is 2.74. The van der Waals surface area contributed by atoms with Crippen molar-refractivity contribution in [2.24, 2.45) is 5.73 Å². The highest BCUT2D eigenvalue weighted by Gasteiger charge is 2.21. The van der Waals surface area contributed by atoms with Crippen molar-refractivity contribution in [3.05, 3.63) is 42.4 Å². The van der Waals surface area contributed by atoms with Gasteiger partial charge < -0.3 is 26.4 Å². The van der Waals surface area contributed by atoms with E-state index >= 15 is 0 Å². The van der Waals surface area contributed by atoms with Crippen molar-refractivity contribution < 1.29 is 9.53 Å². The number of carbonyl (C=O) groups excluding carboxylic acids is 1. The van der Waals surface area contributed by atoms with Crippen LogP contribution in [-0.4, -0.2) is 46.6 Å². The van der Waals surface area contributed by atoms with Crippen LogP contribution in [0.25, 0.3) is 11.0 Å². The van der Waals surface area contributed by atoms with Gasteiger partial charge in [0, 0.05) is 36.8 Å². The Labute approximate surface area is 174 Å². The SMILES string of the molecule is CCOc1ccc2cc(N)c(C(=O)Nc3cnccc3N3CCCC(N)C3)nc2n1. The van der Waals surface area contributed by atoms with E-state index in [1.807, 2.05) is 19.1 Å². The van der Waals surface area contributed by atoms with Gasteiger partial charge in [-0.05, 0) is 38.0 Å². The molecule has 0 aliphatic carbocycles. The molecule has 1 atom stereocenters. The number of nitrogens with zero attached hydrogens (tertiary/aromatic N) is 4. The summed E-state index contributed by atoms with van der Waals surface area (Å²) in [5, 5.41) is 3.63. The molecule has 1 amide bonds. The highest BCUT2D eigenvalue weighted by molar-refractivity contribution is 6.08. The minimum Gasteiger partial charge on any atom is -0.478 e. The highest BCUT2D eigenvalue weighted by Crippen LogP contribution is 2.28. The maximum absolute atomic E-state index is 13.0. The van der Waals surface area contributed by atoms with Gasteiger partial charge in [-0.2, -0.15) is 4.98 Å². The molecule has 1 fully saturated rings. The van der Waals surface area contributed by atoms with Crippen LogP contribution < -0.4 is 26.4 Å². The summed E-state index contributed by atoms with van der Waals surface area (Å²) in [5.74, 6) is 0.0261. The lowest BCUT2D eigenvalue weighted by atomic mass is 10.1. The van der Waals surface area contributed by atoms with Crippen molar-refractivity contribution in [2.45, 2.75) is 25.8 Å². The van der Waals surface area contributed by atoms with Gasteiger partial charge in [-0.1, -0.05) is 0 Å². The summed E-state index contributed by atoms with van der Waals surface area (Å²) in [6.45, 7) is 3.97. The van der Waals surface area contributed by atoms with Crippen molar-refractivity contribution in [1.82, 2.24) is 15.0 Å². The Balaban J connectivity index is 1.62. The molecule has 0 bridgehead atoms. The van der Waals surface area contributed by atoms with Crippen LogP contribution in [0.1, 0.15) is 30.3 Å². The maximum Gasteiger partial charge on any atom is 0.276 e. The molecule has 0 saturated carbocycles. The molecule has 1 aliphatic rings. The Morgan fingerprint density at radius 1 is 1.33 bits per heavy atom. The van der Waals surface area contributed by atoms with E-state index in [-0.39, 0.29) is 17.4 Å². The third-order valence-electron chi connectivity index (χ3n) is 5.03. The van der Waals surface area contributed by atoms with Crippen LogP contribution in [0.2, 0.25) is 0 Å². The number of amides is 1. The number of aromatic nitrogens is 3. The Morgan fingerprint density at radius 2 is 2.20 bits per heavy atom. The molecule has 0 spiro atoms. The Bertz CT molecular complexity index is 1070. The largest absolute Gasteiger partial charge is 0.478 e. The molecule has 156 valence electrons. The second-order valence-electron chi connectivity index (χ2n) is 7.25. The van der Waals surface area contributed by atoms with Gasteiger partial charge in [-0.25, -0.2) is 4.98 Å². The van der Waals surface area contributed by atoms with Crippen molar-refractivity contribution in [3.8, 4) is 5.88 Å².